The van der Waals surface area contributed by atoms with Gasteiger partial charge in [0.25, 0.3) is 5.91 Å². The summed E-state index contributed by atoms with van der Waals surface area (Å²) in [7, 11) is 0. The fourth-order valence-electron chi connectivity index (χ4n) is 7.80. The van der Waals surface area contributed by atoms with E-state index < -0.39 is 60.2 Å². The Kier molecular flexibility index (Phi) is 10.2. The molecule has 11 heteroatoms. The predicted molar refractivity (Wildman–Crippen MR) is 185 cm³/mol. The zero-order valence-electron chi connectivity index (χ0n) is 28.4. The molecule has 2 N–H and O–H groups in total. The second-order valence-corrected chi connectivity index (χ2v) is 13.2. The van der Waals surface area contributed by atoms with Crippen LogP contribution in [0.3, 0.4) is 0 Å². The number of anilines is 2. The molecular weight excluding hydrogens is 624 g/mol. The number of nitrogens with zero attached hydrogens (tertiary/aromatic N) is 3. The van der Waals surface area contributed by atoms with E-state index in [-0.39, 0.29) is 31.3 Å². The molecule has 4 heterocycles. The number of allylic oxidation sites excluding steroid dienone is 1. The van der Waals surface area contributed by atoms with E-state index in [0.29, 0.717) is 18.5 Å². The van der Waals surface area contributed by atoms with Crippen molar-refractivity contribution in [1.29, 1.82) is 0 Å². The number of benzene rings is 2. The Morgan fingerprint density at radius 2 is 1.73 bits per heavy atom. The van der Waals surface area contributed by atoms with Crippen LogP contribution in [0.2, 0.25) is 0 Å². The SMILES string of the molecule is CCN(CC)c1ccc(N2CC=C[C@]34O[C@@H]5/C=C\CCC(=O)NC[C@@H](C)OC(=O)[C@@H]5[C@H]3C(=O)N([C@@H](CO)Cc3ccccc3)[C@@H]4C2=O)cc1. The van der Waals surface area contributed by atoms with Gasteiger partial charge in [0.1, 0.15) is 23.7 Å². The first kappa shape index (κ1) is 34.4. The Bertz CT molecular complexity index is 1590. The van der Waals surface area contributed by atoms with Gasteiger partial charge in [0, 0.05) is 37.4 Å². The number of esters is 1. The molecule has 2 aromatic carbocycles. The number of aliphatic hydroxyl groups excluding tert-OH is 1. The molecule has 3 amide bonds. The number of aliphatic hydroxyl groups is 1. The molecule has 2 aromatic rings. The average Bonchev–Trinajstić information content (AvgIpc) is 3.50. The summed E-state index contributed by atoms with van der Waals surface area (Å²) in [5, 5.41) is 13.6. The van der Waals surface area contributed by atoms with E-state index in [2.05, 4.69) is 24.1 Å². The first-order chi connectivity index (χ1) is 23.7. The number of fused-ring (bicyclic) bond motifs is 2. The molecule has 0 unspecified atom stereocenters. The topological polar surface area (TPSA) is 129 Å². The third kappa shape index (κ3) is 6.49. The summed E-state index contributed by atoms with van der Waals surface area (Å²) in [6.07, 6.45) is 6.54. The van der Waals surface area contributed by atoms with E-state index in [0.717, 1.165) is 24.3 Å². The Hall–Kier alpha value is -4.48. The maximum absolute atomic E-state index is 15.0. The molecule has 0 aromatic heterocycles. The summed E-state index contributed by atoms with van der Waals surface area (Å²) in [5.41, 5.74) is 1.08. The van der Waals surface area contributed by atoms with E-state index in [9.17, 15) is 24.3 Å². The third-order valence-corrected chi connectivity index (χ3v) is 10.2. The molecular formula is C38H46N4O7. The Morgan fingerprint density at radius 3 is 2.43 bits per heavy atom. The Morgan fingerprint density at radius 1 is 1.00 bits per heavy atom. The maximum atomic E-state index is 15.0. The molecule has 1 spiro atoms. The lowest BCUT2D eigenvalue weighted by molar-refractivity contribution is -0.159. The number of cyclic esters (lactones) is 1. The van der Waals surface area contributed by atoms with Crippen LogP contribution in [0.5, 0.6) is 0 Å². The zero-order valence-corrected chi connectivity index (χ0v) is 28.4. The highest BCUT2D eigenvalue weighted by atomic mass is 16.6. The number of rotatable bonds is 8. The molecule has 49 heavy (non-hydrogen) atoms. The van der Waals surface area contributed by atoms with E-state index in [1.54, 1.807) is 30.1 Å². The van der Waals surface area contributed by atoms with Crippen molar-refractivity contribution in [3.05, 3.63) is 84.5 Å². The first-order valence-corrected chi connectivity index (χ1v) is 17.3. The summed E-state index contributed by atoms with van der Waals surface area (Å²) in [6.45, 7) is 7.52. The van der Waals surface area contributed by atoms with Crippen LogP contribution in [0.15, 0.2) is 78.9 Å². The van der Waals surface area contributed by atoms with Gasteiger partial charge in [-0.15, -0.1) is 0 Å². The van der Waals surface area contributed by atoms with Gasteiger partial charge in [-0.2, -0.15) is 0 Å². The first-order valence-electron chi connectivity index (χ1n) is 17.3. The van der Waals surface area contributed by atoms with Crippen LogP contribution in [0, 0.1) is 11.8 Å². The van der Waals surface area contributed by atoms with Crippen molar-refractivity contribution in [2.24, 2.45) is 11.8 Å². The average molecular weight is 671 g/mol. The lowest BCUT2D eigenvalue weighted by Crippen LogP contribution is -2.58. The minimum Gasteiger partial charge on any atom is -0.460 e. The molecule has 260 valence electrons. The van der Waals surface area contributed by atoms with Crippen molar-refractivity contribution in [2.75, 3.05) is 42.6 Å². The molecule has 0 bridgehead atoms. The number of carbonyl (C=O) groups excluding carboxylic acids is 4. The van der Waals surface area contributed by atoms with Crippen LogP contribution >= 0.6 is 0 Å². The molecule has 4 aliphatic heterocycles. The highest BCUT2D eigenvalue weighted by molar-refractivity contribution is 6.05. The molecule has 6 rings (SSSR count). The van der Waals surface area contributed by atoms with Crippen LogP contribution in [-0.4, -0.2) is 96.4 Å². The van der Waals surface area contributed by atoms with Crippen LogP contribution in [0.1, 0.15) is 39.2 Å². The molecule has 4 aliphatic rings. The van der Waals surface area contributed by atoms with Crippen LogP contribution in [-0.2, 0) is 35.1 Å². The number of hydrogen-bond acceptors (Lipinski definition) is 8. The van der Waals surface area contributed by atoms with Gasteiger partial charge in [-0.05, 0) is 63.4 Å². The largest absolute Gasteiger partial charge is 0.460 e. The Balaban J connectivity index is 1.44. The molecule has 2 fully saturated rings. The van der Waals surface area contributed by atoms with Crippen molar-refractivity contribution in [3.63, 3.8) is 0 Å². The van der Waals surface area contributed by atoms with Gasteiger partial charge >= 0.3 is 5.97 Å². The highest BCUT2D eigenvalue weighted by Crippen LogP contribution is 2.54. The number of likely N-dealkylation sites (tertiary alicyclic amines) is 1. The predicted octanol–water partition coefficient (Wildman–Crippen LogP) is 3.02. The fraction of sp³-hybridized carbons (Fsp3) is 0.474. The number of hydrogen-bond donors (Lipinski definition) is 2. The van der Waals surface area contributed by atoms with Gasteiger partial charge < -0.3 is 34.6 Å². The number of ether oxygens (including phenoxy) is 2. The molecule has 0 saturated carbocycles. The standard InChI is InChI=1S/C38H46N4O7/c1-4-40(5-2)27-16-18-28(19-17-27)41-21-11-20-38-33(32-30(49-38)14-9-10-15-31(44)39-23-25(3)48-37(32)47)35(45)42(34(38)36(41)46)29(24-43)22-26-12-7-6-8-13-26/h6-9,11-14,16-20,25,29-30,32-34,43H,4-5,10,15,21-24H2,1-3H3,(H,39,44)/b14-9-/t25-,29-,30-,32+,33+,34-,38+/m1/s1. The van der Waals surface area contributed by atoms with E-state index in [4.69, 9.17) is 9.47 Å². The lowest BCUT2D eigenvalue weighted by atomic mass is 9.78. The van der Waals surface area contributed by atoms with Crippen LogP contribution in [0.4, 0.5) is 11.4 Å². The number of nitrogens with one attached hydrogen (secondary N) is 1. The van der Waals surface area contributed by atoms with E-state index in [1.165, 1.54) is 4.90 Å². The normalized spacial score (nSPS) is 29.8. The molecule has 2 saturated heterocycles. The summed E-state index contributed by atoms with van der Waals surface area (Å²) >= 11 is 0. The zero-order chi connectivity index (χ0) is 34.7. The van der Waals surface area contributed by atoms with E-state index in [1.807, 2.05) is 60.7 Å². The third-order valence-electron chi connectivity index (χ3n) is 10.2. The summed E-state index contributed by atoms with van der Waals surface area (Å²) < 4.78 is 12.6. The Labute approximate surface area is 287 Å². The molecule has 7 atom stereocenters. The van der Waals surface area contributed by atoms with E-state index >= 15 is 0 Å². The van der Waals surface area contributed by atoms with Crippen molar-refractivity contribution >= 4 is 35.1 Å². The summed E-state index contributed by atoms with van der Waals surface area (Å²) in [5.74, 6) is -3.73. The quantitative estimate of drug-likeness (QED) is 0.324. The smallest absolute Gasteiger partial charge is 0.313 e. The fourth-order valence-corrected chi connectivity index (χ4v) is 7.80. The van der Waals surface area contributed by atoms with Gasteiger partial charge in [0.15, 0.2) is 0 Å². The maximum Gasteiger partial charge on any atom is 0.313 e. The van der Waals surface area contributed by atoms with Gasteiger partial charge in [-0.3, -0.25) is 19.2 Å². The second-order valence-electron chi connectivity index (χ2n) is 13.2. The number of carbonyl (C=O) groups is 4. The van der Waals surface area contributed by atoms with Gasteiger partial charge in [-0.25, -0.2) is 0 Å². The highest BCUT2D eigenvalue weighted by Gasteiger charge is 2.72. The van der Waals surface area contributed by atoms with Gasteiger partial charge in [-0.1, -0.05) is 54.6 Å². The summed E-state index contributed by atoms with van der Waals surface area (Å²) in [6, 6.07) is 15.3. The number of amides is 3. The minimum absolute atomic E-state index is 0.134. The van der Waals surface area contributed by atoms with Crippen molar-refractivity contribution < 1.29 is 33.8 Å². The van der Waals surface area contributed by atoms with Crippen molar-refractivity contribution in [1.82, 2.24) is 10.2 Å². The molecule has 0 aliphatic carbocycles. The molecule has 0 radical (unpaired) electrons. The molecule has 11 nitrogen and oxygen atoms in total. The van der Waals surface area contributed by atoms with Crippen molar-refractivity contribution in [2.45, 2.75) is 69.9 Å². The van der Waals surface area contributed by atoms with Crippen molar-refractivity contribution in [3.8, 4) is 0 Å². The van der Waals surface area contributed by atoms with Crippen LogP contribution in [0.25, 0.3) is 0 Å². The van der Waals surface area contributed by atoms with Gasteiger partial charge in [0.05, 0.1) is 31.2 Å². The van der Waals surface area contributed by atoms with Crippen LogP contribution < -0.4 is 15.1 Å². The monoisotopic (exact) mass is 670 g/mol. The second kappa shape index (κ2) is 14.6. The summed E-state index contributed by atoms with van der Waals surface area (Å²) in [4.78, 5) is 61.4. The van der Waals surface area contributed by atoms with Gasteiger partial charge in [0.2, 0.25) is 11.8 Å². The lowest BCUT2D eigenvalue weighted by Gasteiger charge is -2.38. The minimum atomic E-state index is -1.51.